The van der Waals surface area contributed by atoms with E-state index in [0.29, 0.717) is 4.88 Å². The van der Waals surface area contributed by atoms with Gasteiger partial charge < -0.3 is 15.3 Å². The van der Waals surface area contributed by atoms with Gasteiger partial charge in [-0.2, -0.15) is 0 Å². The molecule has 1 aromatic rings. The lowest BCUT2D eigenvalue weighted by atomic mass is 10.4. The van der Waals surface area contributed by atoms with Crippen LogP contribution in [0.5, 0.6) is 0 Å². The number of carboxylic acids is 1. The van der Waals surface area contributed by atoms with Gasteiger partial charge in [-0.25, -0.2) is 17.9 Å². The summed E-state index contributed by atoms with van der Waals surface area (Å²) in [6.07, 6.45) is -1.20. The van der Waals surface area contributed by atoms with Crippen LogP contribution >= 0.6 is 11.3 Å². The van der Waals surface area contributed by atoms with Crippen molar-refractivity contribution in [2.75, 3.05) is 13.2 Å². The van der Waals surface area contributed by atoms with Crippen LogP contribution in [0.15, 0.2) is 11.0 Å². The van der Waals surface area contributed by atoms with E-state index >= 15 is 0 Å². The number of aliphatic hydroxyl groups is 2. The molecule has 0 fully saturated rings. The molecule has 0 spiro atoms. The number of sulfonamides is 1. The van der Waals surface area contributed by atoms with E-state index in [9.17, 15) is 13.2 Å². The van der Waals surface area contributed by atoms with Crippen molar-refractivity contribution in [3.05, 3.63) is 15.8 Å². The Hall–Kier alpha value is -1.00. The average molecular weight is 295 g/mol. The Bertz CT molecular complexity index is 535. The molecule has 4 N–H and O–H groups in total. The van der Waals surface area contributed by atoms with Gasteiger partial charge in [-0.1, -0.05) is 0 Å². The van der Waals surface area contributed by atoms with E-state index in [4.69, 9.17) is 15.3 Å². The Morgan fingerprint density at radius 2 is 2.17 bits per heavy atom. The molecule has 0 aliphatic carbocycles. The van der Waals surface area contributed by atoms with Crippen LogP contribution in [0.3, 0.4) is 0 Å². The number of aryl methyl sites for hydroxylation is 1. The summed E-state index contributed by atoms with van der Waals surface area (Å²) in [4.78, 5) is 10.9. The Kier molecular flexibility index (Phi) is 4.82. The van der Waals surface area contributed by atoms with E-state index < -0.39 is 28.7 Å². The minimum absolute atomic E-state index is 0.0735. The molecule has 0 aliphatic heterocycles. The quantitative estimate of drug-likeness (QED) is 0.555. The monoisotopic (exact) mass is 295 g/mol. The largest absolute Gasteiger partial charge is 0.477 e. The molecule has 0 aliphatic rings. The van der Waals surface area contributed by atoms with Crippen molar-refractivity contribution >= 4 is 27.3 Å². The van der Waals surface area contributed by atoms with E-state index in [0.717, 1.165) is 17.4 Å². The number of rotatable bonds is 6. The molecule has 9 heteroatoms. The maximum atomic E-state index is 11.8. The molecule has 0 saturated carbocycles. The van der Waals surface area contributed by atoms with Crippen molar-refractivity contribution in [1.29, 1.82) is 0 Å². The molecule has 102 valence electrons. The Morgan fingerprint density at radius 3 is 2.61 bits per heavy atom. The molecule has 1 aromatic heterocycles. The molecular formula is C9H13NO6S2. The van der Waals surface area contributed by atoms with Gasteiger partial charge in [0.05, 0.1) is 17.6 Å². The van der Waals surface area contributed by atoms with Crippen LogP contribution in [-0.2, 0) is 10.0 Å². The average Bonchev–Trinajstić information content (AvgIpc) is 2.69. The molecule has 0 bridgehead atoms. The first-order valence-electron chi connectivity index (χ1n) is 4.90. The molecule has 0 aromatic carbocycles. The van der Waals surface area contributed by atoms with Crippen molar-refractivity contribution in [3.63, 3.8) is 0 Å². The highest BCUT2D eigenvalue weighted by atomic mass is 32.2. The number of aromatic carboxylic acids is 1. The molecule has 1 heterocycles. The number of thiophene rings is 1. The van der Waals surface area contributed by atoms with Crippen molar-refractivity contribution in [2.24, 2.45) is 0 Å². The van der Waals surface area contributed by atoms with E-state index in [1.165, 1.54) is 6.92 Å². The molecule has 0 radical (unpaired) electrons. The third-order valence-electron chi connectivity index (χ3n) is 2.09. The second-order valence-corrected chi connectivity index (χ2v) is 6.52. The summed E-state index contributed by atoms with van der Waals surface area (Å²) >= 11 is 0.859. The second-order valence-electron chi connectivity index (χ2n) is 3.52. The van der Waals surface area contributed by atoms with Gasteiger partial charge >= 0.3 is 5.97 Å². The molecule has 18 heavy (non-hydrogen) atoms. The zero-order valence-electron chi connectivity index (χ0n) is 9.45. The smallest absolute Gasteiger partial charge is 0.345 e. The number of nitrogens with one attached hydrogen (secondary N) is 1. The third-order valence-corrected chi connectivity index (χ3v) is 4.81. The number of hydrogen-bond donors (Lipinski definition) is 4. The SMILES string of the molecule is Cc1sc(C(=O)O)cc1S(=O)(=O)NCC(O)CO. The fourth-order valence-electron chi connectivity index (χ4n) is 1.19. The first-order chi connectivity index (χ1) is 8.27. The first-order valence-corrected chi connectivity index (χ1v) is 7.20. The number of aliphatic hydroxyl groups excluding tert-OH is 2. The highest BCUT2D eigenvalue weighted by Gasteiger charge is 2.22. The first kappa shape index (κ1) is 15.1. The summed E-state index contributed by atoms with van der Waals surface area (Å²) in [5.41, 5.74) is 0. The van der Waals surface area contributed by atoms with E-state index in [1.54, 1.807) is 0 Å². The highest BCUT2D eigenvalue weighted by molar-refractivity contribution is 7.89. The van der Waals surface area contributed by atoms with Crippen LogP contribution < -0.4 is 4.72 Å². The lowest BCUT2D eigenvalue weighted by molar-refractivity contribution is 0.0702. The molecule has 7 nitrogen and oxygen atoms in total. The van der Waals surface area contributed by atoms with Crippen LogP contribution in [-0.4, -0.2) is 49.0 Å². The predicted octanol–water partition coefficient (Wildman–Crippen LogP) is -0.614. The zero-order chi connectivity index (χ0) is 13.9. The van der Waals surface area contributed by atoms with Crippen LogP contribution in [0.1, 0.15) is 14.5 Å². The normalized spacial score (nSPS) is 13.5. The maximum Gasteiger partial charge on any atom is 0.345 e. The van der Waals surface area contributed by atoms with Gasteiger partial charge in [0.25, 0.3) is 0 Å². The minimum atomic E-state index is -3.88. The fourth-order valence-corrected chi connectivity index (χ4v) is 3.69. The van der Waals surface area contributed by atoms with Crippen LogP contribution in [0.2, 0.25) is 0 Å². The van der Waals surface area contributed by atoms with Gasteiger partial charge in [-0.15, -0.1) is 11.3 Å². The molecule has 0 amide bonds. The minimum Gasteiger partial charge on any atom is -0.477 e. The molecule has 1 rings (SSSR count). The fraction of sp³-hybridized carbons (Fsp3) is 0.444. The third kappa shape index (κ3) is 3.50. The second kappa shape index (κ2) is 5.76. The summed E-state index contributed by atoms with van der Waals surface area (Å²) in [5, 5.41) is 26.4. The molecule has 1 unspecified atom stereocenters. The van der Waals surface area contributed by atoms with Crippen LogP contribution in [0.25, 0.3) is 0 Å². The summed E-state index contributed by atoms with van der Waals surface area (Å²) < 4.78 is 25.7. The van der Waals surface area contributed by atoms with E-state index in [2.05, 4.69) is 4.72 Å². The van der Waals surface area contributed by atoms with Crippen molar-refractivity contribution in [3.8, 4) is 0 Å². The zero-order valence-corrected chi connectivity index (χ0v) is 11.1. The van der Waals surface area contributed by atoms with Gasteiger partial charge in [-0.3, -0.25) is 0 Å². The highest BCUT2D eigenvalue weighted by Crippen LogP contribution is 2.25. The van der Waals surface area contributed by atoms with Gasteiger partial charge in [0, 0.05) is 11.4 Å². The Morgan fingerprint density at radius 1 is 1.56 bits per heavy atom. The summed E-state index contributed by atoms with van der Waals surface area (Å²) in [5.74, 6) is -1.19. The van der Waals surface area contributed by atoms with E-state index in [-0.39, 0.29) is 16.3 Å². The summed E-state index contributed by atoms with van der Waals surface area (Å²) in [7, 11) is -3.88. The van der Waals surface area contributed by atoms with Gasteiger partial charge in [0.15, 0.2) is 0 Å². The Balaban J connectivity index is 2.95. The molecule has 1 atom stereocenters. The van der Waals surface area contributed by atoms with Crippen molar-refractivity contribution < 1.29 is 28.5 Å². The van der Waals surface area contributed by atoms with Crippen LogP contribution in [0, 0.1) is 6.92 Å². The van der Waals surface area contributed by atoms with Gasteiger partial charge in [0.2, 0.25) is 10.0 Å². The lowest BCUT2D eigenvalue weighted by Gasteiger charge is -2.09. The summed E-state index contributed by atoms with van der Waals surface area (Å²) in [6, 6.07) is 1.07. The molecule has 0 saturated heterocycles. The van der Waals surface area contributed by atoms with Crippen LogP contribution in [0.4, 0.5) is 0 Å². The lowest BCUT2D eigenvalue weighted by Crippen LogP contribution is -2.34. The number of carbonyl (C=O) groups is 1. The standard InChI is InChI=1S/C9H13NO6S2/c1-5-8(2-7(17-5)9(13)14)18(15,16)10-3-6(12)4-11/h2,6,10-12H,3-4H2,1H3,(H,13,14). The van der Waals surface area contributed by atoms with Gasteiger partial charge in [-0.05, 0) is 13.0 Å². The molecular weight excluding hydrogens is 282 g/mol. The predicted molar refractivity (Wildman–Crippen MR) is 64.3 cm³/mol. The summed E-state index contributed by atoms with van der Waals surface area (Å²) in [6.45, 7) is 0.593. The van der Waals surface area contributed by atoms with E-state index in [1.807, 2.05) is 0 Å². The maximum absolute atomic E-state index is 11.8. The van der Waals surface area contributed by atoms with Crippen molar-refractivity contribution in [2.45, 2.75) is 17.9 Å². The number of hydrogen-bond acceptors (Lipinski definition) is 6. The van der Waals surface area contributed by atoms with Gasteiger partial charge in [0.1, 0.15) is 4.88 Å². The number of carboxylic acid groups (broad SMARTS) is 1. The Labute approximate surface area is 108 Å². The van der Waals surface area contributed by atoms with Crippen molar-refractivity contribution in [1.82, 2.24) is 4.72 Å². The topological polar surface area (TPSA) is 124 Å².